The quantitative estimate of drug-likeness (QED) is 0.795. The molecule has 1 aromatic heterocycles. The van der Waals surface area contributed by atoms with Gasteiger partial charge in [-0.3, -0.25) is 0 Å². The van der Waals surface area contributed by atoms with Gasteiger partial charge in [-0.05, 0) is 31.0 Å². The van der Waals surface area contributed by atoms with Gasteiger partial charge in [0.05, 0.1) is 15.2 Å². The minimum Gasteiger partial charge on any atom is -0.327 e. The molecule has 1 saturated carbocycles. The molecule has 2 atom stereocenters. The van der Waals surface area contributed by atoms with E-state index in [0.717, 1.165) is 28.1 Å². The molecule has 1 aromatic carbocycles. The van der Waals surface area contributed by atoms with Crippen molar-refractivity contribution >= 4 is 21.6 Å². The third-order valence-electron chi connectivity index (χ3n) is 3.75. The monoisotopic (exact) mass is 264 g/mol. The molecule has 0 bridgehead atoms. The summed E-state index contributed by atoms with van der Waals surface area (Å²) in [5.41, 5.74) is 7.15. The van der Waals surface area contributed by atoms with Crippen LogP contribution in [-0.4, -0.2) is 11.0 Å². The lowest BCUT2D eigenvalue weighted by Gasteiger charge is -2.18. The van der Waals surface area contributed by atoms with Crippen LogP contribution in [0.3, 0.4) is 0 Å². The van der Waals surface area contributed by atoms with Crippen LogP contribution in [0.15, 0.2) is 18.2 Å². The SMILES string of the molecule is NC1CCCCCC1c1nc2ccc(F)cc2s1. The molecule has 1 heterocycles. The lowest BCUT2D eigenvalue weighted by atomic mass is 9.96. The lowest BCUT2D eigenvalue weighted by Crippen LogP contribution is -2.27. The van der Waals surface area contributed by atoms with Crippen LogP contribution < -0.4 is 5.73 Å². The number of nitrogens with two attached hydrogens (primary N) is 1. The highest BCUT2D eigenvalue weighted by atomic mass is 32.1. The van der Waals surface area contributed by atoms with Gasteiger partial charge in [-0.25, -0.2) is 9.37 Å². The predicted molar refractivity (Wildman–Crippen MR) is 73.4 cm³/mol. The average Bonchev–Trinajstić information content (AvgIpc) is 2.63. The Bertz CT molecular complexity index is 552. The number of hydrogen-bond donors (Lipinski definition) is 1. The fourth-order valence-corrected chi connectivity index (χ4v) is 3.92. The summed E-state index contributed by atoms with van der Waals surface area (Å²) in [5.74, 6) is 0.163. The van der Waals surface area contributed by atoms with Crippen LogP contribution in [0.4, 0.5) is 4.39 Å². The maximum absolute atomic E-state index is 13.2. The smallest absolute Gasteiger partial charge is 0.124 e. The van der Waals surface area contributed by atoms with Gasteiger partial charge < -0.3 is 5.73 Å². The average molecular weight is 264 g/mol. The molecule has 2 N–H and O–H groups in total. The van der Waals surface area contributed by atoms with E-state index >= 15 is 0 Å². The summed E-state index contributed by atoms with van der Waals surface area (Å²) in [4.78, 5) is 4.64. The van der Waals surface area contributed by atoms with Crippen molar-refractivity contribution < 1.29 is 4.39 Å². The Kier molecular flexibility index (Phi) is 3.31. The molecular weight excluding hydrogens is 247 g/mol. The Hall–Kier alpha value is -1.000. The number of nitrogens with zero attached hydrogens (tertiary/aromatic N) is 1. The number of halogens is 1. The summed E-state index contributed by atoms with van der Waals surface area (Å²) in [7, 11) is 0. The molecule has 0 aliphatic heterocycles. The first-order valence-electron chi connectivity index (χ1n) is 6.55. The van der Waals surface area contributed by atoms with Crippen molar-refractivity contribution in [1.29, 1.82) is 0 Å². The van der Waals surface area contributed by atoms with Gasteiger partial charge in [0.25, 0.3) is 0 Å². The van der Waals surface area contributed by atoms with E-state index in [1.807, 2.05) is 0 Å². The van der Waals surface area contributed by atoms with Gasteiger partial charge in [-0.2, -0.15) is 0 Å². The molecule has 0 spiro atoms. The summed E-state index contributed by atoms with van der Waals surface area (Å²) >= 11 is 1.60. The summed E-state index contributed by atoms with van der Waals surface area (Å²) in [6.45, 7) is 0. The Labute approximate surface area is 110 Å². The van der Waals surface area contributed by atoms with Gasteiger partial charge in [-0.1, -0.05) is 19.3 Å². The van der Waals surface area contributed by atoms with Gasteiger partial charge >= 0.3 is 0 Å². The van der Waals surface area contributed by atoms with Crippen molar-refractivity contribution in [3.63, 3.8) is 0 Å². The summed E-state index contributed by atoms with van der Waals surface area (Å²) in [6.07, 6.45) is 5.90. The zero-order chi connectivity index (χ0) is 12.5. The van der Waals surface area contributed by atoms with Crippen molar-refractivity contribution in [2.75, 3.05) is 0 Å². The van der Waals surface area contributed by atoms with E-state index in [2.05, 4.69) is 4.98 Å². The molecule has 96 valence electrons. The molecule has 0 saturated heterocycles. The van der Waals surface area contributed by atoms with Crippen LogP contribution in [0.25, 0.3) is 10.2 Å². The van der Waals surface area contributed by atoms with Crippen LogP contribution >= 0.6 is 11.3 Å². The van der Waals surface area contributed by atoms with E-state index in [1.165, 1.54) is 25.3 Å². The highest BCUT2D eigenvalue weighted by Crippen LogP contribution is 2.35. The Morgan fingerprint density at radius 3 is 2.94 bits per heavy atom. The van der Waals surface area contributed by atoms with Gasteiger partial charge in [0.2, 0.25) is 0 Å². The van der Waals surface area contributed by atoms with Crippen LogP contribution in [-0.2, 0) is 0 Å². The zero-order valence-corrected chi connectivity index (χ0v) is 11.0. The molecule has 3 rings (SSSR count). The fourth-order valence-electron chi connectivity index (χ4n) is 2.72. The summed E-state index contributed by atoms with van der Waals surface area (Å²) < 4.78 is 14.1. The number of hydrogen-bond acceptors (Lipinski definition) is 3. The highest BCUT2D eigenvalue weighted by molar-refractivity contribution is 7.18. The first-order chi connectivity index (χ1) is 8.74. The molecule has 1 aliphatic carbocycles. The number of thiazole rings is 1. The van der Waals surface area contributed by atoms with E-state index in [9.17, 15) is 4.39 Å². The standard InChI is InChI=1S/C14H17FN2S/c15-9-6-7-12-13(8-9)18-14(17-12)10-4-2-1-3-5-11(10)16/h6-8,10-11H,1-5,16H2. The van der Waals surface area contributed by atoms with Crippen LogP contribution in [0.1, 0.15) is 43.0 Å². The third-order valence-corrected chi connectivity index (χ3v) is 4.90. The summed E-state index contributed by atoms with van der Waals surface area (Å²) in [6, 6.07) is 5.00. The Morgan fingerprint density at radius 2 is 2.06 bits per heavy atom. The van der Waals surface area contributed by atoms with Gasteiger partial charge in [0.1, 0.15) is 5.82 Å². The molecule has 1 aliphatic rings. The van der Waals surface area contributed by atoms with Crippen LogP contribution in [0.5, 0.6) is 0 Å². The minimum atomic E-state index is -0.192. The highest BCUT2D eigenvalue weighted by Gasteiger charge is 2.25. The topological polar surface area (TPSA) is 38.9 Å². The van der Waals surface area contributed by atoms with Gasteiger partial charge in [0, 0.05) is 12.0 Å². The second kappa shape index (κ2) is 4.94. The van der Waals surface area contributed by atoms with Gasteiger partial charge in [-0.15, -0.1) is 11.3 Å². The Morgan fingerprint density at radius 1 is 1.22 bits per heavy atom. The number of aromatic nitrogens is 1. The lowest BCUT2D eigenvalue weighted by molar-refractivity contribution is 0.504. The minimum absolute atomic E-state index is 0.192. The number of rotatable bonds is 1. The first-order valence-corrected chi connectivity index (χ1v) is 7.37. The van der Waals surface area contributed by atoms with Crippen LogP contribution in [0.2, 0.25) is 0 Å². The fraction of sp³-hybridized carbons (Fsp3) is 0.500. The molecule has 4 heteroatoms. The van der Waals surface area contributed by atoms with Crippen molar-refractivity contribution in [3.05, 3.63) is 29.0 Å². The van der Waals surface area contributed by atoms with E-state index in [1.54, 1.807) is 23.5 Å². The maximum atomic E-state index is 13.2. The van der Waals surface area contributed by atoms with E-state index in [-0.39, 0.29) is 11.9 Å². The molecule has 2 aromatic rings. The molecule has 0 radical (unpaired) electrons. The normalized spacial score (nSPS) is 25.2. The molecule has 18 heavy (non-hydrogen) atoms. The van der Waals surface area contributed by atoms with Crippen molar-refractivity contribution in [2.24, 2.45) is 5.73 Å². The van der Waals surface area contributed by atoms with E-state index in [4.69, 9.17) is 5.73 Å². The van der Waals surface area contributed by atoms with Crippen molar-refractivity contribution in [3.8, 4) is 0 Å². The predicted octanol–water partition coefficient (Wildman–Crippen LogP) is 3.81. The molecule has 0 amide bonds. The van der Waals surface area contributed by atoms with Crippen molar-refractivity contribution in [2.45, 2.75) is 44.1 Å². The zero-order valence-electron chi connectivity index (χ0n) is 10.2. The second-order valence-electron chi connectivity index (χ2n) is 5.07. The number of benzene rings is 1. The molecule has 2 nitrogen and oxygen atoms in total. The van der Waals surface area contributed by atoms with E-state index in [0.29, 0.717) is 5.92 Å². The number of fused-ring (bicyclic) bond motifs is 1. The Balaban J connectivity index is 1.97. The third kappa shape index (κ3) is 2.27. The molecular formula is C14H17FN2S. The molecule has 2 unspecified atom stereocenters. The van der Waals surface area contributed by atoms with Crippen molar-refractivity contribution in [1.82, 2.24) is 4.98 Å². The second-order valence-corrected chi connectivity index (χ2v) is 6.13. The van der Waals surface area contributed by atoms with E-state index < -0.39 is 0 Å². The largest absolute Gasteiger partial charge is 0.327 e. The first kappa shape index (κ1) is 12.1. The van der Waals surface area contributed by atoms with Gasteiger partial charge in [0.15, 0.2) is 0 Å². The van der Waals surface area contributed by atoms with Crippen LogP contribution in [0, 0.1) is 5.82 Å². The summed E-state index contributed by atoms with van der Waals surface area (Å²) in [5, 5.41) is 1.09. The molecule has 1 fully saturated rings. The maximum Gasteiger partial charge on any atom is 0.124 e.